The SMILES string of the molecule is I[I-]I.Nc1cccc[nH+]1. The molecule has 1 rings (SSSR count). The number of hydrogen-bond acceptors (Lipinski definition) is 1. The zero-order valence-corrected chi connectivity index (χ0v) is 11.5. The van der Waals surface area contributed by atoms with Crippen molar-refractivity contribution in [3.8, 4) is 0 Å². The molecule has 0 saturated carbocycles. The fourth-order valence-electron chi connectivity index (χ4n) is 0.407. The molecule has 2 nitrogen and oxygen atoms in total. The molecule has 0 aliphatic carbocycles. The van der Waals surface area contributed by atoms with Crippen molar-refractivity contribution in [3.05, 3.63) is 24.4 Å². The van der Waals surface area contributed by atoms with Crippen molar-refractivity contribution in [2.24, 2.45) is 0 Å². The summed E-state index contributed by atoms with van der Waals surface area (Å²) in [5.74, 6) is 0.697. The van der Waals surface area contributed by atoms with E-state index in [1.54, 1.807) is 12.3 Å². The summed E-state index contributed by atoms with van der Waals surface area (Å²) in [6.45, 7) is 0. The van der Waals surface area contributed by atoms with Gasteiger partial charge in [-0.05, 0) is 6.07 Å². The topological polar surface area (TPSA) is 40.2 Å². The Morgan fingerprint density at radius 1 is 1.40 bits per heavy atom. The van der Waals surface area contributed by atoms with E-state index >= 15 is 0 Å². The van der Waals surface area contributed by atoms with E-state index in [0.717, 1.165) is 0 Å². The maximum atomic E-state index is 5.30. The van der Waals surface area contributed by atoms with E-state index in [9.17, 15) is 0 Å². The number of halogens is 3. The minimum Gasteiger partial charge on any atom is -0.287 e. The van der Waals surface area contributed by atoms with Crippen LogP contribution < -0.4 is 24.0 Å². The van der Waals surface area contributed by atoms with Crippen LogP contribution >= 0.6 is 37.2 Å². The van der Waals surface area contributed by atoms with Crippen molar-refractivity contribution >= 4 is 43.0 Å². The molecule has 0 bridgehead atoms. The molecule has 0 fully saturated rings. The van der Waals surface area contributed by atoms with E-state index in [4.69, 9.17) is 5.73 Å². The molecule has 3 N–H and O–H groups in total. The smallest absolute Gasteiger partial charge is 0.269 e. The maximum absolute atomic E-state index is 5.30. The zero-order chi connectivity index (χ0) is 7.82. The number of nitrogen functional groups attached to an aromatic ring is 1. The number of aromatic amines is 1. The number of rotatable bonds is 0. The standard InChI is InChI=1S/C5H6N2.I3/c6-5-3-1-2-4-7-5;1-3-2/h1-4H,(H2,6,7);/q;-1/p+1. The van der Waals surface area contributed by atoms with Crippen LogP contribution in [0.3, 0.4) is 0 Å². The Balaban J connectivity index is 0.000000236. The van der Waals surface area contributed by atoms with Gasteiger partial charge in [0.1, 0.15) is 0 Å². The van der Waals surface area contributed by atoms with Gasteiger partial charge in [0.25, 0.3) is 5.82 Å². The second kappa shape index (κ2) is 8.24. The Kier molecular flexibility index (Phi) is 9.18. The van der Waals surface area contributed by atoms with E-state index in [-0.39, 0.29) is 0 Å². The molecule has 0 aliphatic rings. The van der Waals surface area contributed by atoms with Crippen LogP contribution in [0.1, 0.15) is 0 Å². The van der Waals surface area contributed by atoms with E-state index in [2.05, 4.69) is 42.2 Å². The second-order valence-electron chi connectivity index (χ2n) is 1.37. The summed E-state index contributed by atoms with van der Waals surface area (Å²) in [4.78, 5) is 2.81. The fraction of sp³-hybridized carbons (Fsp3) is 0. The molecule has 0 unspecified atom stereocenters. The van der Waals surface area contributed by atoms with Gasteiger partial charge in [-0.1, -0.05) is 6.07 Å². The van der Waals surface area contributed by atoms with Crippen LogP contribution in [0.4, 0.5) is 5.82 Å². The van der Waals surface area contributed by atoms with Crippen molar-refractivity contribution < 1.29 is 18.2 Å². The first-order valence-corrected chi connectivity index (χ1v) is 15.0. The van der Waals surface area contributed by atoms with Crippen LogP contribution in [0.5, 0.6) is 0 Å². The van der Waals surface area contributed by atoms with Gasteiger partial charge in [-0.15, -0.1) is 0 Å². The molecule has 1 heterocycles. The van der Waals surface area contributed by atoms with Gasteiger partial charge in [0.15, 0.2) is 0 Å². The minimum atomic E-state index is 0.530. The molecule has 10 heavy (non-hydrogen) atoms. The van der Waals surface area contributed by atoms with Crippen molar-refractivity contribution in [1.82, 2.24) is 0 Å². The maximum Gasteiger partial charge on any atom is 0.269 e. The Bertz CT molecular complexity index is 156. The largest absolute Gasteiger partial charge is 0.287 e. The van der Waals surface area contributed by atoms with E-state index in [1.807, 2.05) is 12.1 Å². The summed E-state index contributed by atoms with van der Waals surface area (Å²) < 4.78 is 0. The molecule has 0 saturated heterocycles. The van der Waals surface area contributed by atoms with Crippen molar-refractivity contribution in [2.75, 3.05) is 5.73 Å². The second-order valence-corrected chi connectivity index (χ2v) is 17.6. The van der Waals surface area contributed by atoms with Gasteiger partial charge in [-0.2, -0.15) is 0 Å². The van der Waals surface area contributed by atoms with Gasteiger partial charge in [-0.3, -0.25) is 5.73 Å². The van der Waals surface area contributed by atoms with Gasteiger partial charge < -0.3 is 0 Å². The molecule has 1 aromatic heterocycles. The Labute approximate surface area is 90.0 Å². The van der Waals surface area contributed by atoms with Gasteiger partial charge in [0, 0.05) is 6.07 Å². The van der Waals surface area contributed by atoms with Crippen LogP contribution in [0, 0.1) is 0 Å². The molecule has 0 atom stereocenters. The average Bonchev–Trinajstić information content (AvgIpc) is 1.91. The number of nitrogens with one attached hydrogen (secondary N) is 1. The third-order valence-electron chi connectivity index (χ3n) is 0.733. The minimum absolute atomic E-state index is 0.530. The summed E-state index contributed by atoms with van der Waals surface area (Å²) in [6, 6.07) is 5.57. The summed E-state index contributed by atoms with van der Waals surface area (Å²) in [5, 5.41) is 0. The predicted molar refractivity (Wildman–Crippen MR) is 55.5 cm³/mol. The molecule has 0 radical (unpaired) electrons. The quantitative estimate of drug-likeness (QED) is 0.474. The van der Waals surface area contributed by atoms with Crippen LogP contribution in [-0.2, 0) is 0 Å². The van der Waals surface area contributed by atoms with Gasteiger partial charge in [-0.25, -0.2) is 4.98 Å². The molecule has 58 valence electrons. The van der Waals surface area contributed by atoms with Crippen LogP contribution in [0.2, 0.25) is 0 Å². The Morgan fingerprint density at radius 2 is 2.00 bits per heavy atom. The molecule has 0 spiro atoms. The van der Waals surface area contributed by atoms with Crippen molar-refractivity contribution in [2.45, 2.75) is 0 Å². The zero-order valence-electron chi connectivity index (χ0n) is 5.02. The van der Waals surface area contributed by atoms with Crippen LogP contribution in [0.15, 0.2) is 24.4 Å². The summed E-state index contributed by atoms with van der Waals surface area (Å²) in [6.07, 6.45) is 1.79. The van der Waals surface area contributed by atoms with E-state index in [0.29, 0.717) is 19.1 Å². The van der Waals surface area contributed by atoms with E-state index < -0.39 is 0 Å². The number of hydrogen-bond donors (Lipinski definition) is 1. The average molecular weight is 476 g/mol. The normalized spacial score (nSPS) is 8.20. The summed E-state index contributed by atoms with van der Waals surface area (Å²) in [5.41, 5.74) is 5.30. The third kappa shape index (κ3) is 7.25. The van der Waals surface area contributed by atoms with Gasteiger partial charge in [0.05, 0.1) is 6.20 Å². The number of pyridine rings is 1. The van der Waals surface area contributed by atoms with E-state index in [1.165, 1.54) is 0 Å². The molecule has 5 heteroatoms. The third-order valence-corrected chi connectivity index (χ3v) is 0.733. The number of nitrogens with two attached hydrogens (primary N) is 1. The predicted octanol–water partition coefficient (Wildman–Crippen LogP) is -1.14. The molecule has 0 aliphatic heterocycles. The molecular weight excluding hydrogens is 469 g/mol. The monoisotopic (exact) mass is 476 g/mol. The van der Waals surface area contributed by atoms with Gasteiger partial charge in [0.2, 0.25) is 0 Å². The van der Waals surface area contributed by atoms with Gasteiger partial charge >= 0.3 is 50.5 Å². The first kappa shape index (κ1) is 11.1. The first-order valence-electron chi connectivity index (χ1n) is 2.40. The number of aromatic nitrogens is 1. The fourth-order valence-corrected chi connectivity index (χ4v) is 0.407. The number of H-pyrrole nitrogens is 1. The van der Waals surface area contributed by atoms with Crippen LogP contribution in [0.25, 0.3) is 0 Å². The summed E-state index contributed by atoms with van der Waals surface area (Å²) >= 11 is 5.30. The first-order chi connectivity index (χ1) is 4.81. The van der Waals surface area contributed by atoms with Crippen molar-refractivity contribution in [1.29, 1.82) is 0 Å². The van der Waals surface area contributed by atoms with Crippen LogP contribution in [-0.4, -0.2) is 0 Å². The molecule has 0 amide bonds. The Hall–Kier alpha value is 1.14. The summed E-state index contributed by atoms with van der Waals surface area (Å²) in [7, 11) is 0. The van der Waals surface area contributed by atoms with Crippen molar-refractivity contribution in [3.63, 3.8) is 0 Å². The molecule has 0 aromatic carbocycles. The Morgan fingerprint density at radius 3 is 2.20 bits per heavy atom. The number of anilines is 1. The molecule has 1 aromatic rings. The molecular formula is C5H7I3N2.